The Kier molecular flexibility index (Phi) is 11.5. The first-order valence-electron chi connectivity index (χ1n) is 13.0. The molecular weight excluding hydrogens is 460 g/mol. The van der Waals surface area contributed by atoms with Crippen molar-refractivity contribution < 1.29 is 29.0 Å². The zero-order valence-electron chi connectivity index (χ0n) is 22.4. The molecule has 0 amide bonds. The molecule has 36 heavy (non-hydrogen) atoms. The number of hydrogen-bond donors (Lipinski definition) is 3. The average Bonchev–Trinajstić information content (AvgIpc) is 3.29. The van der Waals surface area contributed by atoms with Crippen LogP contribution in [0.1, 0.15) is 84.7 Å². The van der Waals surface area contributed by atoms with E-state index in [1.165, 1.54) is 5.57 Å². The first-order valence-corrected chi connectivity index (χ1v) is 13.0. The van der Waals surface area contributed by atoms with Gasteiger partial charge in [0.25, 0.3) is 0 Å². The number of aliphatic hydroxyl groups excluding tert-OH is 2. The van der Waals surface area contributed by atoms with Crippen LogP contribution in [0, 0.1) is 17.3 Å². The maximum Gasteiger partial charge on any atom is 0.309 e. The van der Waals surface area contributed by atoms with E-state index in [9.17, 15) is 19.8 Å². The summed E-state index contributed by atoms with van der Waals surface area (Å²) in [6.45, 7) is 9.37. The van der Waals surface area contributed by atoms with Gasteiger partial charge >= 0.3 is 5.97 Å². The molecule has 4 N–H and O–H groups in total. The van der Waals surface area contributed by atoms with Crippen LogP contribution in [0.3, 0.4) is 0 Å². The van der Waals surface area contributed by atoms with E-state index in [0.29, 0.717) is 25.2 Å². The summed E-state index contributed by atoms with van der Waals surface area (Å²) in [5.41, 5.74) is 6.24. The van der Waals surface area contributed by atoms with Crippen LogP contribution in [0.4, 0.5) is 0 Å². The Hall–Kier alpha value is -2.29. The quantitative estimate of drug-likeness (QED) is 0.404. The molecule has 1 aliphatic rings. The second-order valence-corrected chi connectivity index (χ2v) is 10.6. The maximum absolute atomic E-state index is 13.4. The van der Waals surface area contributed by atoms with Crippen LogP contribution < -0.4 is 5.73 Å². The van der Waals surface area contributed by atoms with Crippen LogP contribution >= 0.6 is 0 Å². The molecule has 0 fully saturated rings. The first kappa shape index (κ1) is 29.9. The summed E-state index contributed by atoms with van der Waals surface area (Å²) in [7, 11) is 0. The van der Waals surface area contributed by atoms with E-state index < -0.39 is 35.6 Å². The van der Waals surface area contributed by atoms with Crippen molar-refractivity contribution in [2.24, 2.45) is 23.0 Å². The number of ether oxygens (including phenoxy) is 1. The third-order valence-corrected chi connectivity index (χ3v) is 7.26. The van der Waals surface area contributed by atoms with E-state index in [4.69, 9.17) is 14.9 Å². The second-order valence-electron chi connectivity index (χ2n) is 10.6. The predicted octanol–water partition coefficient (Wildman–Crippen LogP) is 4.03. The number of oxazole rings is 1. The minimum atomic E-state index is -1.23. The summed E-state index contributed by atoms with van der Waals surface area (Å²) in [5.74, 6) is -0.994. The van der Waals surface area contributed by atoms with E-state index in [-0.39, 0.29) is 24.7 Å². The highest BCUT2D eigenvalue weighted by atomic mass is 16.5. The molecule has 5 atom stereocenters. The molecule has 1 aromatic rings. The summed E-state index contributed by atoms with van der Waals surface area (Å²) in [6.07, 6.45) is 8.46. The van der Waals surface area contributed by atoms with Gasteiger partial charge in [0.15, 0.2) is 0 Å². The number of esters is 1. The highest BCUT2D eigenvalue weighted by molar-refractivity contribution is 5.88. The van der Waals surface area contributed by atoms with Gasteiger partial charge in [0.1, 0.15) is 18.2 Å². The Labute approximate surface area is 215 Å². The minimum Gasteiger partial charge on any atom is -0.458 e. The molecule has 0 saturated carbocycles. The van der Waals surface area contributed by atoms with Crippen LogP contribution in [-0.4, -0.2) is 45.3 Å². The standard InChI is InChI=1S/C28H44N2O6/c1-6-22-26(33)19(3)10-7-9-18(2)13-14-21(12-8-11-20-17-35-24(16-29)30-20)36-25(32)15-23(31)28(4,5)27(22)34/h8,12-13,17,19,21-23,26,31,33H,6-7,9-11,14-16,29H2,1-5H3/t19-,21+,22+,23-,26-/m0/s1. The Morgan fingerprint density at radius 1 is 1.28 bits per heavy atom. The summed E-state index contributed by atoms with van der Waals surface area (Å²) in [5, 5.41) is 21.8. The molecule has 0 bridgehead atoms. The molecule has 0 radical (unpaired) electrons. The highest BCUT2D eigenvalue weighted by Gasteiger charge is 2.43. The summed E-state index contributed by atoms with van der Waals surface area (Å²) in [6, 6.07) is 0. The fraction of sp³-hybridized carbons (Fsp3) is 0.679. The van der Waals surface area contributed by atoms with Crippen molar-refractivity contribution in [3.63, 3.8) is 0 Å². The Balaban J connectivity index is 2.23. The predicted molar refractivity (Wildman–Crippen MR) is 138 cm³/mol. The van der Waals surface area contributed by atoms with Gasteiger partial charge in [-0.15, -0.1) is 0 Å². The van der Waals surface area contributed by atoms with Gasteiger partial charge in [-0.3, -0.25) is 9.59 Å². The lowest BCUT2D eigenvalue weighted by atomic mass is 9.71. The molecule has 8 nitrogen and oxygen atoms in total. The molecule has 0 aromatic carbocycles. The topological polar surface area (TPSA) is 136 Å². The summed E-state index contributed by atoms with van der Waals surface area (Å²) < 4.78 is 11.0. The van der Waals surface area contributed by atoms with Crippen molar-refractivity contribution in [1.29, 1.82) is 0 Å². The van der Waals surface area contributed by atoms with E-state index >= 15 is 0 Å². The molecule has 0 aliphatic carbocycles. The number of nitrogens with zero attached hydrogens (tertiary/aromatic N) is 1. The van der Waals surface area contributed by atoms with Crippen LogP contribution in [0.15, 0.2) is 34.5 Å². The highest BCUT2D eigenvalue weighted by Crippen LogP contribution is 2.33. The van der Waals surface area contributed by atoms with Crippen molar-refractivity contribution in [2.75, 3.05) is 0 Å². The SMILES string of the molecule is CC[C@H]1C(=O)C(C)(C)[C@@H](O)CC(=O)O[C@H](C=CCc2coc(CN)n2)CC=C(C)CCC[C@H](C)[C@@H]1O. The van der Waals surface area contributed by atoms with Crippen LogP contribution in [0.2, 0.25) is 0 Å². The summed E-state index contributed by atoms with van der Waals surface area (Å²) >= 11 is 0. The van der Waals surface area contributed by atoms with Crippen LogP contribution in [-0.2, 0) is 27.3 Å². The summed E-state index contributed by atoms with van der Waals surface area (Å²) in [4.78, 5) is 30.4. The van der Waals surface area contributed by atoms with E-state index in [2.05, 4.69) is 11.1 Å². The molecule has 1 aromatic heterocycles. The number of Topliss-reactive ketones (excluding diaryl/α,β-unsaturated/α-hetero) is 1. The first-order chi connectivity index (χ1) is 17.0. The van der Waals surface area contributed by atoms with Gasteiger partial charge in [-0.1, -0.05) is 45.4 Å². The monoisotopic (exact) mass is 504 g/mol. The van der Waals surface area contributed by atoms with Crippen molar-refractivity contribution in [1.82, 2.24) is 4.98 Å². The maximum atomic E-state index is 13.4. The molecule has 2 rings (SSSR count). The van der Waals surface area contributed by atoms with Gasteiger partial charge in [0.05, 0.1) is 36.3 Å². The molecule has 1 aliphatic heterocycles. The molecule has 0 spiro atoms. The third-order valence-electron chi connectivity index (χ3n) is 7.26. The van der Waals surface area contributed by atoms with Crippen molar-refractivity contribution in [3.8, 4) is 0 Å². The number of hydrogen-bond acceptors (Lipinski definition) is 8. The molecule has 0 saturated heterocycles. The molecular formula is C28H44N2O6. The van der Waals surface area contributed by atoms with Crippen molar-refractivity contribution >= 4 is 11.8 Å². The number of aliphatic hydroxyl groups is 2. The molecule has 202 valence electrons. The minimum absolute atomic E-state index is 0.0514. The molecule has 0 unspecified atom stereocenters. The number of cyclic esters (lactones) is 1. The van der Waals surface area contributed by atoms with Gasteiger partial charge in [0, 0.05) is 18.8 Å². The number of allylic oxidation sites excluding steroid dienone is 2. The Morgan fingerprint density at radius 2 is 2.00 bits per heavy atom. The van der Waals surface area contributed by atoms with Gasteiger partial charge in [-0.05, 0) is 44.6 Å². The number of carbonyl (C=O) groups excluding carboxylic acids is 2. The normalized spacial score (nSPS) is 29.2. The molecule has 2 heterocycles. The third kappa shape index (κ3) is 8.39. The van der Waals surface area contributed by atoms with E-state index in [1.807, 2.05) is 32.9 Å². The number of nitrogens with two attached hydrogens (primary N) is 1. The van der Waals surface area contributed by atoms with Crippen LogP contribution in [0.5, 0.6) is 0 Å². The fourth-order valence-corrected chi connectivity index (χ4v) is 4.59. The average molecular weight is 505 g/mol. The molecule has 8 heteroatoms. The smallest absolute Gasteiger partial charge is 0.309 e. The van der Waals surface area contributed by atoms with Crippen LogP contribution in [0.25, 0.3) is 0 Å². The number of carbonyl (C=O) groups is 2. The zero-order chi connectivity index (χ0) is 26.9. The van der Waals surface area contributed by atoms with Gasteiger partial charge in [-0.25, -0.2) is 4.98 Å². The lowest BCUT2D eigenvalue weighted by Gasteiger charge is -2.35. The van der Waals surface area contributed by atoms with E-state index in [0.717, 1.165) is 25.0 Å². The lowest BCUT2D eigenvalue weighted by molar-refractivity contribution is -0.154. The zero-order valence-corrected chi connectivity index (χ0v) is 22.4. The lowest BCUT2D eigenvalue weighted by Crippen LogP contribution is -2.46. The van der Waals surface area contributed by atoms with Gasteiger partial charge < -0.3 is 25.1 Å². The second kappa shape index (κ2) is 13.9. The van der Waals surface area contributed by atoms with Crippen molar-refractivity contribution in [3.05, 3.63) is 41.6 Å². The largest absolute Gasteiger partial charge is 0.458 e. The fourth-order valence-electron chi connectivity index (χ4n) is 4.59. The van der Waals surface area contributed by atoms with Gasteiger partial charge in [0.2, 0.25) is 5.89 Å². The van der Waals surface area contributed by atoms with Crippen molar-refractivity contribution in [2.45, 2.75) is 104 Å². The number of aromatic nitrogens is 1. The Morgan fingerprint density at radius 3 is 2.64 bits per heavy atom. The van der Waals surface area contributed by atoms with Gasteiger partial charge in [-0.2, -0.15) is 0 Å². The Bertz CT molecular complexity index is 919. The number of rotatable bonds is 5. The number of ketones is 1. The van der Waals surface area contributed by atoms with E-state index in [1.54, 1.807) is 20.1 Å².